The lowest BCUT2D eigenvalue weighted by Crippen LogP contribution is -2.20. The highest BCUT2D eigenvalue weighted by molar-refractivity contribution is 6.13. The lowest BCUT2D eigenvalue weighted by molar-refractivity contribution is 0.661. The van der Waals surface area contributed by atoms with Gasteiger partial charge in [-0.05, 0) is 69.8 Å². The van der Waals surface area contributed by atoms with Gasteiger partial charge in [-0.15, -0.1) is 0 Å². The van der Waals surface area contributed by atoms with Gasteiger partial charge in [-0.1, -0.05) is 117 Å². The molecule has 0 aliphatic heterocycles. The third-order valence-corrected chi connectivity index (χ3v) is 8.65. The van der Waals surface area contributed by atoms with Crippen molar-refractivity contribution in [2.75, 3.05) is 4.90 Å². The maximum atomic E-state index is 6.35. The summed E-state index contributed by atoms with van der Waals surface area (Å²) in [4.78, 5) is 2.44. The minimum Gasteiger partial charge on any atom is -0.456 e. The molecule has 0 saturated heterocycles. The van der Waals surface area contributed by atoms with Crippen molar-refractivity contribution < 1.29 is 4.42 Å². The summed E-state index contributed by atoms with van der Waals surface area (Å²) in [7, 11) is 0. The van der Waals surface area contributed by atoms with Gasteiger partial charge in [0.1, 0.15) is 11.2 Å². The van der Waals surface area contributed by atoms with E-state index >= 15 is 0 Å². The van der Waals surface area contributed by atoms with Gasteiger partial charge in [0.15, 0.2) is 0 Å². The van der Waals surface area contributed by atoms with Gasteiger partial charge in [0, 0.05) is 16.5 Å². The van der Waals surface area contributed by atoms with Crippen molar-refractivity contribution in [3.05, 3.63) is 151 Å². The van der Waals surface area contributed by atoms with Gasteiger partial charge in [0.05, 0.1) is 16.8 Å². The molecule has 1 aliphatic carbocycles. The van der Waals surface area contributed by atoms with Crippen LogP contribution >= 0.6 is 0 Å². The van der Waals surface area contributed by atoms with Gasteiger partial charge in [0.25, 0.3) is 0 Å². The van der Waals surface area contributed by atoms with Crippen LogP contribution < -0.4 is 4.90 Å². The predicted octanol–water partition coefficient (Wildman–Crippen LogP) is 11.0. The first kappa shape index (κ1) is 23.8. The van der Waals surface area contributed by atoms with Crippen LogP contribution in [0.1, 0.15) is 25.0 Å². The SMILES string of the molecule is CC1(C)c2ccccc2-c2cccc(N(c3ccc(-c4ccccc4)cc3)c3cccc4oc5ccccc5c34)c21. The van der Waals surface area contributed by atoms with E-state index in [2.05, 4.69) is 152 Å². The number of rotatable bonds is 4. The molecule has 1 aromatic heterocycles. The third-order valence-electron chi connectivity index (χ3n) is 8.65. The van der Waals surface area contributed by atoms with Gasteiger partial charge < -0.3 is 9.32 Å². The summed E-state index contributed by atoms with van der Waals surface area (Å²) < 4.78 is 6.35. The topological polar surface area (TPSA) is 16.4 Å². The van der Waals surface area contributed by atoms with Crippen molar-refractivity contribution in [3.63, 3.8) is 0 Å². The zero-order valence-electron chi connectivity index (χ0n) is 23.1. The number of furan rings is 1. The van der Waals surface area contributed by atoms with E-state index < -0.39 is 0 Å². The van der Waals surface area contributed by atoms with Crippen LogP contribution in [0, 0.1) is 0 Å². The van der Waals surface area contributed by atoms with Gasteiger partial charge >= 0.3 is 0 Å². The van der Waals surface area contributed by atoms with Crippen LogP contribution in [-0.4, -0.2) is 0 Å². The van der Waals surface area contributed by atoms with E-state index in [1.54, 1.807) is 0 Å². The lowest BCUT2D eigenvalue weighted by Gasteiger charge is -2.32. The number of hydrogen-bond acceptors (Lipinski definition) is 2. The molecule has 2 heteroatoms. The molecule has 7 aromatic rings. The Morgan fingerprint density at radius 2 is 1.15 bits per heavy atom. The molecule has 0 radical (unpaired) electrons. The van der Waals surface area contributed by atoms with Crippen LogP contribution in [0.15, 0.2) is 144 Å². The van der Waals surface area contributed by atoms with Crippen molar-refractivity contribution in [3.8, 4) is 22.3 Å². The second-order valence-electron chi connectivity index (χ2n) is 11.4. The quantitative estimate of drug-likeness (QED) is 0.226. The molecule has 0 fully saturated rings. The summed E-state index contributed by atoms with van der Waals surface area (Å²) in [5.41, 5.74) is 12.8. The standard InChI is InChI=1S/C39H29NO/c1-39(2)32-17-8-6-14-29(32)30-16-10-19-34(38(30)39)40(28-24-22-27(23-25-28)26-12-4-3-5-13-26)33-18-11-21-36-37(33)31-15-7-9-20-35(31)41-36/h3-25H,1-2H3. The Kier molecular flexibility index (Phi) is 5.20. The fraction of sp³-hybridized carbons (Fsp3) is 0.0769. The van der Waals surface area contributed by atoms with E-state index in [4.69, 9.17) is 4.42 Å². The number of benzene rings is 6. The first-order valence-electron chi connectivity index (χ1n) is 14.2. The van der Waals surface area contributed by atoms with Crippen LogP contribution in [0.2, 0.25) is 0 Å². The molecule has 1 aliphatic rings. The minimum atomic E-state index is -0.156. The molecule has 0 saturated carbocycles. The van der Waals surface area contributed by atoms with Gasteiger partial charge in [-0.25, -0.2) is 0 Å². The van der Waals surface area contributed by atoms with Crippen molar-refractivity contribution in [2.45, 2.75) is 19.3 Å². The molecule has 6 aromatic carbocycles. The van der Waals surface area contributed by atoms with Crippen molar-refractivity contribution in [1.29, 1.82) is 0 Å². The van der Waals surface area contributed by atoms with Crippen LogP contribution in [0.25, 0.3) is 44.2 Å². The number of fused-ring (bicyclic) bond motifs is 6. The Hall–Kier alpha value is -5.08. The Balaban J connectivity index is 1.41. The van der Waals surface area contributed by atoms with Crippen molar-refractivity contribution >= 4 is 39.0 Å². The molecule has 8 rings (SSSR count). The summed E-state index contributed by atoms with van der Waals surface area (Å²) in [6.07, 6.45) is 0. The largest absolute Gasteiger partial charge is 0.456 e. The highest BCUT2D eigenvalue weighted by Gasteiger charge is 2.39. The zero-order chi connectivity index (χ0) is 27.6. The molecule has 0 amide bonds. The molecule has 0 N–H and O–H groups in total. The fourth-order valence-electron chi connectivity index (χ4n) is 6.79. The molecule has 0 unspecified atom stereocenters. The predicted molar refractivity (Wildman–Crippen MR) is 171 cm³/mol. The molecule has 1 heterocycles. The van der Waals surface area contributed by atoms with Crippen molar-refractivity contribution in [1.82, 2.24) is 0 Å². The van der Waals surface area contributed by atoms with Crippen LogP contribution in [0.3, 0.4) is 0 Å². The first-order valence-corrected chi connectivity index (χ1v) is 14.2. The van der Waals surface area contributed by atoms with Gasteiger partial charge in [-0.3, -0.25) is 0 Å². The Morgan fingerprint density at radius 3 is 2.00 bits per heavy atom. The highest BCUT2D eigenvalue weighted by Crippen LogP contribution is 2.55. The molecule has 196 valence electrons. The monoisotopic (exact) mass is 527 g/mol. The molecule has 0 spiro atoms. The first-order chi connectivity index (χ1) is 20.1. The number of anilines is 3. The fourth-order valence-corrected chi connectivity index (χ4v) is 6.79. The maximum Gasteiger partial charge on any atom is 0.137 e. The van der Waals surface area contributed by atoms with E-state index in [0.717, 1.165) is 33.3 Å². The lowest BCUT2D eigenvalue weighted by atomic mass is 9.81. The van der Waals surface area contributed by atoms with Crippen LogP contribution in [-0.2, 0) is 5.41 Å². The molecule has 0 atom stereocenters. The average Bonchev–Trinajstić information content (AvgIpc) is 3.52. The van der Waals surface area contributed by atoms with E-state index in [0.29, 0.717) is 0 Å². The summed E-state index contributed by atoms with van der Waals surface area (Å²) in [6.45, 7) is 4.71. The van der Waals surface area contributed by atoms with Crippen LogP contribution in [0.4, 0.5) is 17.1 Å². The number of nitrogens with zero attached hydrogens (tertiary/aromatic N) is 1. The summed E-state index contributed by atoms with van der Waals surface area (Å²) in [5, 5.41) is 2.25. The summed E-state index contributed by atoms with van der Waals surface area (Å²) in [6, 6.07) is 49.9. The molecule has 41 heavy (non-hydrogen) atoms. The van der Waals surface area contributed by atoms with Gasteiger partial charge in [0.2, 0.25) is 0 Å². The second kappa shape index (κ2) is 8.97. The van der Waals surface area contributed by atoms with E-state index in [1.807, 2.05) is 6.07 Å². The molecular weight excluding hydrogens is 498 g/mol. The van der Waals surface area contributed by atoms with Gasteiger partial charge in [-0.2, -0.15) is 0 Å². The second-order valence-corrected chi connectivity index (χ2v) is 11.4. The van der Waals surface area contributed by atoms with E-state index in [9.17, 15) is 0 Å². The summed E-state index contributed by atoms with van der Waals surface area (Å²) >= 11 is 0. The van der Waals surface area contributed by atoms with E-state index in [-0.39, 0.29) is 5.41 Å². The maximum absolute atomic E-state index is 6.35. The zero-order valence-corrected chi connectivity index (χ0v) is 23.1. The third kappa shape index (κ3) is 3.57. The molecule has 2 nitrogen and oxygen atoms in total. The Labute approximate surface area is 240 Å². The van der Waals surface area contributed by atoms with Crippen molar-refractivity contribution in [2.24, 2.45) is 0 Å². The Bertz CT molecular complexity index is 2070. The Morgan fingerprint density at radius 1 is 0.512 bits per heavy atom. The van der Waals surface area contributed by atoms with Crippen LogP contribution in [0.5, 0.6) is 0 Å². The average molecular weight is 528 g/mol. The normalized spacial score (nSPS) is 13.3. The smallest absolute Gasteiger partial charge is 0.137 e. The highest BCUT2D eigenvalue weighted by atomic mass is 16.3. The minimum absolute atomic E-state index is 0.156. The number of hydrogen-bond donors (Lipinski definition) is 0. The summed E-state index contributed by atoms with van der Waals surface area (Å²) in [5.74, 6) is 0. The molecular formula is C39H29NO. The van der Waals surface area contributed by atoms with E-state index in [1.165, 1.54) is 39.1 Å². The molecule has 0 bridgehead atoms. The number of para-hydroxylation sites is 1.